The molecule has 0 bridgehead atoms. The van der Waals surface area contributed by atoms with Crippen LogP contribution in [0.25, 0.3) is 0 Å². The van der Waals surface area contributed by atoms with Crippen LogP contribution in [0.2, 0.25) is 0 Å². The first-order valence-corrected chi connectivity index (χ1v) is 6.97. The zero-order valence-electron chi connectivity index (χ0n) is 12.4. The lowest BCUT2D eigenvalue weighted by Gasteiger charge is -2.26. The number of allylic oxidation sites excluding steroid dienone is 1. The molecule has 3 nitrogen and oxygen atoms in total. The Morgan fingerprint density at radius 2 is 2.11 bits per heavy atom. The molecule has 1 fully saturated rings. The smallest absolute Gasteiger partial charge is 0.323 e. The number of ether oxygens (including phenoxy) is 1. The molecule has 2 unspecified atom stereocenters. The van der Waals surface area contributed by atoms with Crippen LogP contribution in [-0.2, 0) is 9.53 Å². The predicted molar refractivity (Wildman–Crippen MR) is 74.4 cm³/mol. The summed E-state index contributed by atoms with van der Waals surface area (Å²) in [6, 6.07) is -0.0645. The molecule has 0 spiro atoms. The standard InChI is InChI=1S/C15H27NO2/c1-6-8-12-10-13(16(11-12)9-7-2)14(17)18-15(3,4)5/h6,8,12-13H,7,9-11H2,1-5H3/b8-6-. The molecule has 1 heterocycles. The molecule has 0 amide bonds. The highest BCUT2D eigenvalue weighted by Crippen LogP contribution is 2.26. The van der Waals surface area contributed by atoms with Crippen molar-refractivity contribution in [3.8, 4) is 0 Å². The fourth-order valence-corrected chi connectivity index (χ4v) is 2.50. The zero-order chi connectivity index (χ0) is 13.8. The molecule has 1 aliphatic rings. The van der Waals surface area contributed by atoms with Crippen molar-refractivity contribution in [3.63, 3.8) is 0 Å². The van der Waals surface area contributed by atoms with E-state index in [1.807, 2.05) is 27.7 Å². The Labute approximate surface area is 111 Å². The Hall–Kier alpha value is -0.830. The van der Waals surface area contributed by atoms with Gasteiger partial charge in [0.15, 0.2) is 0 Å². The van der Waals surface area contributed by atoms with Crippen molar-refractivity contribution >= 4 is 5.97 Å². The number of nitrogens with zero attached hydrogens (tertiary/aromatic N) is 1. The summed E-state index contributed by atoms with van der Waals surface area (Å²) in [6.45, 7) is 11.9. The highest BCUT2D eigenvalue weighted by molar-refractivity contribution is 5.76. The number of carbonyl (C=O) groups excluding carboxylic acids is 1. The molecule has 0 aromatic rings. The molecule has 1 aliphatic heterocycles. The minimum Gasteiger partial charge on any atom is -0.459 e. The van der Waals surface area contributed by atoms with Crippen LogP contribution in [0.15, 0.2) is 12.2 Å². The van der Waals surface area contributed by atoms with E-state index < -0.39 is 5.60 Å². The minimum atomic E-state index is -0.395. The molecule has 2 atom stereocenters. The summed E-state index contributed by atoms with van der Waals surface area (Å²) < 4.78 is 5.52. The highest BCUT2D eigenvalue weighted by Gasteiger charge is 2.37. The summed E-state index contributed by atoms with van der Waals surface area (Å²) in [5, 5.41) is 0. The first-order chi connectivity index (χ1) is 8.37. The maximum atomic E-state index is 12.2. The van der Waals surface area contributed by atoms with Gasteiger partial charge in [-0.05, 0) is 53.0 Å². The van der Waals surface area contributed by atoms with Crippen molar-refractivity contribution in [1.82, 2.24) is 4.90 Å². The van der Waals surface area contributed by atoms with Crippen molar-refractivity contribution < 1.29 is 9.53 Å². The van der Waals surface area contributed by atoms with Gasteiger partial charge in [0.2, 0.25) is 0 Å². The molecule has 104 valence electrons. The zero-order valence-corrected chi connectivity index (χ0v) is 12.4. The first-order valence-electron chi connectivity index (χ1n) is 6.97. The average Bonchev–Trinajstić information content (AvgIpc) is 2.60. The molecule has 0 N–H and O–H groups in total. The predicted octanol–water partition coefficient (Wildman–Crippen LogP) is 3.00. The number of rotatable bonds is 4. The molecular weight excluding hydrogens is 226 g/mol. The third kappa shape index (κ3) is 4.45. The van der Waals surface area contributed by atoms with Crippen LogP contribution in [0.4, 0.5) is 0 Å². The fraction of sp³-hybridized carbons (Fsp3) is 0.800. The topological polar surface area (TPSA) is 29.5 Å². The van der Waals surface area contributed by atoms with Crippen LogP contribution in [0.5, 0.6) is 0 Å². The quantitative estimate of drug-likeness (QED) is 0.570. The largest absolute Gasteiger partial charge is 0.459 e. The lowest BCUT2D eigenvalue weighted by molar-refractivity contribution is -0.160. The van der Waals surface area contributed by atoms with Crippen LogP contribution >= 0.6 is 0 Å². The van der Waals surface area contributed by atoms with E-state index in [9.17, 15) is 4.79 Å². The first kappa shape index (κ1) is 15.2. The van der Waals surface area contributed by atoms with E-state index in [0.29, 0.717) is 5.92 Å². The Balaban J connectivity index is 2.68. The maximum absolute atomic E-state index is 12.2. The lowest BCUT2D eigenvalue weighted by atomic mass is 10.1. The summed E-state index contributed by atoms with van der Waals surface area (Å²) in [6.07, 6.45) is 6.24. The van der Waals surface area contributed by atoms with E-state index in [-0.39, 0.29) is 12.0 Å². The van der Waals surface area contributed by atoms with Gasteiger partial charge in [-0.1, -0.05) is 19.1 Å². The van der Waals surface area contributed by atoms with Gasteiger partial charge in [-0.2, -0.15) is 0 Å². The fourth-order valence-electron chi connectivity index (χ4n) is 2.50. The summed E-state index contributed by atoms with van der Waals surface area (Å²) in [7, 11) is 0. The summed E-state index contributed by atoms with van der Waals surface area (Å²) in [5.74, 6) is 0.419. The van der Waals surface area contributed by atoms with Gasteiger partial charge >= 0.3 is 5.97 Å². The molecule has 0 aromatic carbocycles. The van der Waals surface area contributed by atoms with E-state index in [0.717, 1.165) is 25.9 Å². The van der Waals surface area contributed by atoms with Gasteiger partial charge in [0.1, 0.15) is 11.6 Å². The summed E-state index contributed by atoms with van der Waals surface area (Å²) in [5.41, 5.74) is -0.395. The molecule has 0 aliphatic carbocycles. The van der Waals surface area contributed by atoms with Crippen molar-refractivity contribution in [2.75, 3.05) is 13.1 Å². The molecule has 18 heavy (non-hydrogen) atoms. The Kier molecular flexibility index (Phi) is 5.39. The number of hydrogen-bond donors (Lipinski definition) is 0. The number of hydrogen-bond acceptors (Lipinski definition) is 3. The van der Waals surface area contributed by atoms with Crippen molar-refractivity contribution in [1.29, 1.82) is 0 Å². The van der Waals surface area contributed by atoms with Gasteiger partial charge in [0.25, 0.3) is 0 Å². The highest BCUT2D eigenvalue weighted by atomic mass is 16.6. The Morgan fingerprint density at radius 3 is 2.61 bits per heavy atom. The van der Waals surface area contributed by atoms with Crippen molar-refractivity contribution in [2.45, 2.75) is 59.1 Å². The van der Waals surface area contributed by atoms with E-state index in [1.165, 1.54) is 0 Å². The molecule has 0 radical (unpaired) electrons. The van der Waals surface area contributed by atoms with E-state index >= 15 is 0 Å². The minimum absolute atomic E-state index is 0.0645. The summed E-state index contributed by atoms with van der Waals surface area (Å²) in [4.78, 5) is 14.5. The molecule has 0 saturated carbocycles. The van der Waals surface area contributed by atoms with Gasteiger partial charge < -0.3 is 4.74 Å². The van der Waals surface area contributed by atoms with Crippen LogP contribution in [0.3, 0.4) is 0 Å². The van der Waals surface area contributed by atoms with Crippen molar-refractivity contribution in [3.05, 3.63) is 12.2 Å². The van der Waals surface area contributed by atoms with E-state index in [4.69, 9.17) is 4.74 Å². The second kappa shape index (κ2) is 6.37. The average molecular weight is 253 g/mol. The number of carbonyl (C=O) groups is 1. The molecule has 1 saturated heterocycles. The van der Waals surface area contributed by atoms with Gasteiger partial charge in [-0.25, -0.2) is 0 Å². The van der Waals surface area contributed by atoms with Gasteiger partial charge in [-0.15, -0.1) is 0 Å². The lowest BCUT2D eigenvalue weighted by Crippen LogP contribution is -2.40. The maximum Gasteiger partial charge on any atom is 0.323 e. The molecule has 1 rings (SSSR count). The van der Waals surface area contributed by atoms with Gasteiger partial charge in [0.05, 0.1) is 0 Å². The Bertz CT molecular complexity index is 304. The third-order valence-corrected chi connectivity index (χ3v) is 3.09. The van der Waals surface area contributed by atoms with Crippen LogP contribution in [0.1, 0.15) is 47.5 Å². The normalized spacial score (nSPS) is 25.8. The van der Waals surface area contributed by atoms with Crippen molar-refractivity contribution in [2.24, 2.45) is 5.92 Å². The number of esters is 1. The summed E-state index contributed by atoms with van der Waals surface area (Å²) >= 11 is 0. The van der Waals surface area contributed by atoms with E-state index in [2.05, 4.69) is 24.0 Å². The van der Waals surface area contributed by atoms with Crippen LogP contribution in [-0.4, -0.2) is 35.6 Å². The van der Waals surface area contributed by atoms with Gasteiger partial charge in [-0.3, -0.25) is 9.69 Å². The second-order valence-corrected chi connectivity index (χ2v) is 6.07. The monoisotopic (exact) mass is 253 g/mol. The SMILES string of the molecule is C/C=C\C1CC(C(=O)OC(C)(C)C)N(CCC)C1. The van der Waals surface area contributed by atoms with Crippen LogP contribution < -0.4 is 0 Å². The third-order valence-electron chi connectivity index (χ3n) is 3.09. The molecule has 0 aromatic heterocycles. The molecule has 3 heteroatoms. The molecular formula is C15H27NO2. The number of likely N-dealkylation sites (tertiary alicyclic amines) is 1. The van der Waals surface area contributed by atoms with Gasteiger partial charge in [0, 0.05) is 6.54 Å². The second-order valence-electron chi connectivity index (χ2n) is 6.07. The van der Waals surface area contributed by atoms with Crippen LogP contribution in [0, 0.1) is 5.92 Å². The van der Waals surface area contributed by atoms with E-state index in [1.54, 1.807) is 0 Å². The Morgan fingerprint density at radius 1 is 1.44 bits per heavy atom.